The van der Waals surface area contributed by atoms with Gasteiger partial charge in [-0.15, -0.1) is 0 Å². The monoisotopic (exact) mass is 233 g/mol. The van der Waals surface area contributed by atoms with Gasteiger partial charge in [-0.25, -0.2) is 4.98 Å². The molecule has 5 heteroatoms. The normalized spacial score (nSPS) is 10.7. The van der Waals surface area contributed by atoms with E-state index in [-0.39, 0.29) is 11.6 Å². The Bertz CT molecular complexity index is 432. The number of amides is 1. The number of hydrogen-bond donors (Lipinski definition) is 1. The van der Waals surface area contributed by atoms with Gasteiger partial charge < -0.3 is 10.1 Å². The Balaban J connectivity index is 2.62. The first-order valence-electron chi connectivity index (χ1n) is 5.18. The number of methoxy groups -OCH3 is 1. The zero-order valence-corrected chi connectivity index (χ0v) is 10.2. The zero-order chi connectivity index (χ0) is 12.9. The smallest absolute Gasteiger partial charge is 0.269 e. The summed E-state index contributed by atoms with van der Waals surface area (Å²) in [5.74, 6) is -0.278. The largest absolute Gasteiger partial charge is 0.377 e. The van der Waals surface area contributed by atoms with E-state index < -0.39 is 5.60 Å². The fraction of sp³-hybridized carbons (Fsp3) is 0.417. The fourth-order valence-corrected chi connectivity index (χ4v) is 1.05. The van der Waals surface area contributed by atoms with Crippen molar-refractivity contribution in [3.8, 4) is 6.07 Å². The van der Waals surface area contributed by atoms with Crippen LogP contribution in [0.3, 0.4) is 0 Å². The van der Waals surface area contributed by atoms with Crippen molar-refractivity contribution in [3.63, 3.8) is 0 Å². The van der Waals surface area contributed by atoms with Gasteiger partial charge in [0.2, 0.25) is 0 Å². The van der Waals surface area contributed by atoms with Crippen LogP contribution >= 0.6 is 0 Å². The highest BCUT2D eigenvalue weighted by atomic mass is 16.5. The van der Waals surface area contributed by atoms with Crippen molar-refractivity contribution < 1.29 is 9.53 Å². The van der Waals surface area contributed by atoms with E-state index in [9.17, 15) is 4.79 Å². The third kappa shape index (κ3) is 3.85. The van der Waals surface area contributed by atoms with E-state index in [1.807, 2.05) is 19.9 Å². The van der Waals surface area contributed by atoms with Crippen LogP contribution in [0.1, 0.15) is 29.9 Å². The van der Waals surface area contributed by atoms with Crippen LogP contribution in [0.2, 0.25) is 0 Å². The van der Waals surface area contributed by atoms with E-state index in [1.54, 1.807) is 13.2 Å². The molecule has 0 aliphatic rings. The number of hydrogen-bond acceptors (Lipinski definition) is 4. The number of nitrogens with zero attached hydrogens (tertiary/aromatic N) is 2. The van der Waals surface area contributed by atoms with Gasteiger partial charge in [0.1, 0.15) is 11.8 Å². The number of nitrogens with one attached hydrogen (secondary N) is 1. The van der Waals surface area contributed by atoms with Gasteiger partial charge in [-0.2, -0.15) is 5.26 Å². The van der Waals surface area contributed by atoms with Crippen molar-refractivity contribution in [2.45, 2.75) is 19.4 Å². The number of nitriles is 1. The van der Waals surface area contributed by atoms with Gasteiger partial charge >= 0.3 is 0 Å². The lowest BCUT2D eigenvalue weighted by Gasteiger charge is -2.22. The SMILES string of the molecule is COC(C)(C)CNC(=O)c1ccc(C#N)cn1. The molecule has 0 aliphatic heterocycles. The van der Waals surface area contributed by atoms with Gasteiger partial charge in [-0.1, -0.05) is 0 Å². The number of rotatable bonds is 4. The van der Waals surface area contributed by atoms with Crippen LogP contribution in [0, 0.1) is 11.3 Å². The average Bonchev–Trinajstić information content (AvgIpc) is 2.36. The van der Waals surface area contributed by atoms with Gasteiger partial charge in [-0.05, 0) is 26.0 Å². The van der Waals surface area contributed by atoms with Crippen molar-refractivity contribution in [2.75, 3.05) is 13.7 Å². The lowest BCUT2D eigenvalue weighted by Crippen LogP contribution is -2.39. The van der Waals surface area contributed by atoms with Crippen LogP contribution in [-0.2, 0) is 4.74 Å². The highest BCUT2D eigenvalue weighted by molar-refractivity contribution is 5.92. The second kappa shape index (κ2) is 5.41. The summed E-state index contributed by atoms with van der Waals surface area (Å²) in [5, 5.41) is 11.3. The van der Waals surface area contributed by atoms with Crippen LogP contribution in [-0.4, -0.2) is 30.1 Å². The molecule has 0 saturated heterocycles. The Morgan fingerprint density at radius 1 is 1.59 bits per heavy atom. The summed E-state index contributed by atoms with van der Waals surface area (Å²) in [5.41, 5.74) is 0.303. The van der Waals surface area contributed by atoms with Crippen LogP contribution in [0.5, 0.6) is 0 Å². The molecule has 1 rings (SSSR count). The van der Waals surface area contributed by atoms with Crippen molar-refractivity contribution >= 4 is 5.91 Å². The minimum absolute atomic E-state index is 0.278. The Morgan fingerprint density at radius 2 is 2.29 bits per heavy atom. The number of pyridine rings is 1. The van der Waals surface area contributed by atoms with Gasteiger partial charge in [0.25, 0.3) is 5.91 Å². The molecule has 0 unspecified atom stereocenters. The van der Waals surface area contributed by atoms with E-state index in [2.05, 4.69) is 10.3 Å². The molecule has 1 aromatic heterocycles. The summed E-state index contributed by atoms with van der Waals surface area (Å²) >= 11 is 0. The number of carbonyl (C=O) groups is 1. The van der Waals surface area contributed by atoms with E-state index in [0.29, 0.717) is 12.1 Å². The van der Waals surface area contributed by atoms with E-state index in [4.69, 9.17) is 10.00 Å². The first-order valence-corrected chi connectivity index (χ1v) is 5.18. The lowest BCUT2D eigenvalue weighted by molar-refractivity contribution is 0.0228. The Labute approximate surface area is 100 Å². The summed E-state index contributed by atoms with van der Waals surface area (Å²) in [7, 11) is 1.59. The van der Waals surface area contributed by atoms with Gasteiger partial charge in [0, 0.05) is 19.9 Å². The maximum absolute atomic E-state index is 11.7. The first kappa shape index (κ1) is 13.1. The van der Waals surface area contributed by atoms with Crippen molar-refractivity contribution in [1.29, 1.82) is 5.26 Å². The molecule has 90 valence electrons. The summed E-state index contributed by atoms with van der Waals surface area (Å²) in [6.45, 7) is 4.14. The molecule has 0 bridgehead atoms. The Hall–Kier alpha value is -1.93. The predicted octanol–water partition coefficient (Wildman–Crippen LogP) is 1.11. The maximum atomic E-state index is 11.7. The average molecular weight is 233 g/mol. The van der Waals surface area contributed by atoms with Crippen molar-refractivity contribution in [1.82, 2.24) is 10.3 Å². The number of ether oxygens (including phenoxy) is 1. The Kier molecular flexibility index (Phi) is 4.18. The molecule has 0 atom stereocenters. The highest BCUT2D eigenvalue weighted by Crippen LogP contribution is 2.05. The quantitative estimate of drug-likeness (QED) is 0.845. The summed E-state index contributed by atoms with van der Waals surface area (Å²) in [6.07, 6.45) is 1.37. The Morgan fingerprint density at radius 3 is 2.76 bits per heavy atom. The molecule has 0 fully saturated rings. The second-order valence-electron chi connectivity index (χ2n) is 4.19. The molecule has 0 aromatic carbocycles. The zero-order valence-electron chi connectivity index (χ0n) is 10.2. The fourth-order valence-electron chi connectivity index (χ4n) is 1.05. The van der Waals surface area contributed by atoms with Crippen LogP contribution in [0.25, 0.3) is 0 Å². The van der Waals surface area contributed by atoms with E-state index in [0.717, 1.165) is 0 Å². The topological polar surface area (TPSA) is 75.0 Å². The molecular formula is C12H15N3O2. The van der Waals surface area contributed by atoms with Gasteiger partial charge in [0.15, 0.2) is 0 Å². The molecular weight excluding hydrogens is 218 g/mol. The predicted molar refractivity (Wildman–Crippen MR) is 62.4 cm³/mol. The number of carbonyl (C=O) groups excluding carboxylic acids is 1. The molecule has 0 saturated carbocycles. The molecule has 0 spiro atoms. The summed E-state index contributed by atoms with van der Waals surface area (Å²) in [6, 6.07) is 5.02. The molecule has 17 heavy (non-hydrogen) atoms. The molecule has 1 N–H and O–H groups in total. The lowest BCUT2D eigenvalue weighted by atomic mass is 10.1. The molecule has 0 radical (unpaired) electrons. The maximum Gasteiger partial charge on any atom is 0.269 e. The second-order valence-corrected chi connectivity index (χ2v) is 4.19. The molecule has 1 amide bonds. The van der Waals surface area contributed by atoms with Crippen molar-refractivity contribution in [2.24, 2.45) is 0 Å². The first-order chi connectivity index (χ1) is 7.98. The van der Waals surface area contributed by atoms with Gasteiger partial charge in [0.05, 0.1) is 11.2 Å². The van der Waals surface area contributed by atoms with E-state index in [1.165, 1.54) is 12.3 Å². The molecule has 5 nitrogen and oxygen atoms in total. The summed E-state index contributed by atoms with van der Waals surface area (Å²) in [4.78, 5) is 15.6. The van der Waals surface area contributed by atoms with Gasteiger partial charge in [-0.3, -0.25) is 4.79 Å². The third-order valence-corrected chi connectivity index (χ3v) is 2.35. The standard InChI is InChI=1S/C12H15N3O2/c1-12(2,17-3)8-15-11(16)10-5-4-9(6-13)7-14-10/h4-5,7H,8H2,1-3H3,(H,15,16). The molecule has 0 aliphatic carbocycles. The third-order valence-electron chi connectivity index (χ3n) is 2.35. The molecule has 1 aromatic rings. The van der Waals surface area contributed by atoms with Crippen LogP contribution < -0.4 is 5.32 Å². The van der Waals surface area contributed by atoms with Crippen LogP contribution in [0.15, 0.2) is 18.3 Å². The van der Waals surface area contributed by atoms with Crippen LogP contribution in [0.4, 0.5) is 0 Å². The highest BCUT2D eigenvalue weighted by Gasteiger charge is 2.18. The minimum atomic E-state index is -0.414. The minimum Gasteiger partial charge on any atom is -0.377 e. The molecule has 1 heterocycles. The van der Waals surface area contributed by atoms with E-state index >= 15 is 0 Å². The summed E-state index contributed by atoms with van der Waals surface area (Å²) < 4.78 is 5.18. The number of aromatic nitrogens is 1. The van der Waals surface area contributed by atoms with Crippen molar-refractivity contribution in [3.05, 3.63) is 29.6 Å².